The molecule has 1 aliphatic heterocycles. The van der Waals surface area contributed by atoms with E-state index in [-0.39, 0.29) is 0 Å². The first-order valence-electron chi connectivity index (χ1n) is 7.92. The highest BCUT2D eigenvalue weighted by atomic mass is 32.2. The maximum atomic E-state index is 12.9. The van der Waals surface area contributed by atoms with Crippen LogP contribution in [0.25, 0.3) is 11.3 Å². The third kappa shape index (κ3) is 3.19. The predicted octanol–water partition coefficient (Wildman–Crippen LogP) is 3.38. The predicted molar refractivity (Wildman–Crippen MR) is 88.6 cm³/mol. The van der Waals surface area contributed by atoms with E-state index in [0.717, 1.165) is 29.7 Å². The number of hydrogen-bond acceptors (Lipinski definition) is 4. The van der Waals surface area contributed by atoms with E-state index in [4.69, 9.17) is 4.52 Å². The van der Waals surface area contributed by atoms with Gasteiger partial charge in [-0.2, -0.15) is 4.31 Å². The first-order valence-corrected chi connectivity index (χ1v) is 9.36. The second-order valence-electron chi connectivity index (χ2n) is 6.40. The van der Waals surface area contributed by atoms with Crippen LogP contribution in [-0.4, -0.2) is 31.0 Å². The number of hydrogen-bond donors (Lipinski definition) is 0. The van der Waals surface area contributed by atoms with Crippen molar-refractivity contribution in [2.75, 3.05) is 13.1 Å². The largest absolute Gasteiger partial charge is 0.356 e. The van der Waals surface area contributed by atoms with E-state index in [2.05, 4.69) is 12.1 Å². The summed E-state index contributed by atoms with van der Waals surface area (Å²) in [7, 11) is -3.42. The molecule has 5 nitrogen and oxygen atoms in total. The summed E-state index contributed by atoms with van der Waals surface area (Å²) in [4.78, 5) is 0.382. The Kier molecular flexibility index (Phi) is 4.29. The third-order valence-electron chi connectivity index (χ3n) is 4.45. The van der Waals surface area contributed by atoms with Crippen molar-refractivity contribution in [2.45, 2.75) is 38.5 Å². The van der Waals surface area contributed by atoms with Gasteiger partial charge in [0.2, 0.25) is 10.0 Å². The van der Waals surface area contributed by atoms with Gasteiger partial charge in [0, 0.05) is 24.7 Å². The average molecular weight is 334 g/mol. The van der Waals surface area contributed by atoms with Crippen LogP contribution in [-0.2, 0) is 10.0 Å². The summed E-state index contributed by atoms with van der Waals surface area (Å²) in [5.74, 6) is 1.25. The minimum absolute atomic E-state index is 0.382. The quantitative estimate of drug-likeness (QED) is 0.863. The zero-order valence-corrected chi connectivity index (χ0v) is 14.6. The fourth-order valence-electron chi connectivity index (χ4n) is 2.96. The Hall–Kier alpha value is -1.66. The summed E-state index contributed by atoms with van der Waals surface area (Å²) in [6, 6.07) is 7.15. The molecule has 0 bridgehead atoms. The fraction of sp³-hybridized carbons (Fsp3) is 0.471. The number of nitrogens with zero attached hydrogens (tertiary/aromatic N) is 2. The van der Waals surface area contributed by atoms with Gasteiger partial charge in [0.05, 0.1) is 10.6 Å². The number of aryl methyl sites for hydroxylation is 2. The molecule has 0 spiro atoms. The van der Waals surface area contributed by atoms with Crippen molar-refractivity contribution in [1.82, 2.24) is 9.46 Å². The Morgan fingerprint density at radius 1 is 1.17 bits per heavy atom. The van der Waals surface area contributed by atoms with Crippen LogP contribution in [0, 0.1) is 19.8 Å². The van der Waals surface area contributed by atoms with Gasteiger partial charge in [0.25, 0.3) is 0 Å². The van der Waals surface area contributed by atoms with Crippen molar-refractivity contribution >= 4 is 10.0 Å². The molecule has 0 atom stereocenters. The van der Waals surface area contributed by atoms with Crippen LogP contribution in [0.5, 0.6) is 0 Å². The highest BCUT2D eigenvalue weighted by molar-refractivity contribution is 7.89. The van der Waals surface area contributed by atoms with Crippen molar-refractivity contribution in [3.63, 3.8) is 0 Å². The van der Waals surface area contributed by atoms with Crippen molar-refractivity contribution < 1.29 is 12.9 Å². The van der Waals surface area contributed by atoms with E-state index in [1.54, 1.807) is 16.4 Å². The van der Waals surface area contributed by atoms with E-state index in [1.165, 1.54) is 0 Å². The Morgan fingerprint density at radius 3 is 2.43 bits per heavy atom. The highest BCUT2D eigenvalue weighted by Gasteiger charge is 2.29. The van der Waals surface area contributed by atoms with Crippen LogP contribution < -0.4 is 0 Å². The standard InChI is InChI=1S/C17H22N2O3S/c1-12-6-8-19(9-7-12)23(20,21)17-5-4-15(10-13(17)2)16-11-14(3)18-22-16/h4-5,10-12H,6-9H2,1-3H3. The first kappa shape index (κ1) is 16.2. The number of benzene rings is 1. The van der Waals surface area contributed by atoms with Gasteiger partial charge in [-0.1, -0.05) is 12.1 Å². The molecule has 1 saturated heterocycles. The second-order valence-corrected chi connectivity index (χ2v) is 8.31. The maximum Gasteiger partial charge on any atom is 0.243 e. The van der Waals surface area contributed by atoms with Gasteiger partial charge >= 0.3 is 0 Å². The monoisotopic (exact) mass is 334 g/mol. The number of sulfonamides is 1. The molecule has 124 valence electrons. The van der Waals surface area contributed by atoms with Gasteiger partial charge in [-0.3, -0.25) is 0 Å². The van der Waals surface area contributed by atoms with Gasteiger partial charge in [0.1, 0.15) is 0 Å². The Morgan fingerprint density at radius 2 is 1.87 bits per heavy atom. The van der Waals surface area contributed by atoms with E-state index in [0.29, 0.717) is 29.7 Å². The third-order valence-corrected chi connectivity index (χ3v) is 6.51. The lowest BCUT2D eigenvalue weighted by Crippen LogP contribution is -2.38. The van der Waals surface area contributed by atoms with Crippen LogP contribution in [0.1, 0.15) is 31.0 Å². The van der Waals surface area contributed by atoms with E-state index < -0.39 is 10.0 Å². The normalized spacial score (nSPS) is 17.5. The van der Waals surface area contributed by atoms with Crippen molar-refractivity contribution in [1.29, 1.82) is 0 Å². The molecule has 6 heteroatoms. The smallest absolute Gasteiger partial charge is 0.243 e. The molecular formula is C17H22N2O3S. The summed E-state index contributed by atoms with van der Waals surface area (Å²) in [6.07, 6.45) is 1.85. The SMILES string of the molecule is Cc1cc(-c2ccc(S(=O)(=O)N3CCC(C)CC3)c(C)c2)on1. The Bertz CT molecular complexity index is 803. The molecule has 0 radical (unpaired) electrons. The highest BCUT2D eigenvalue weighted by Crippen LogP contribution is 2.29. The summed E-state index contributed by atoms with van der Waals surface area (Å²) in [5.41, 5.74) is 2.38. The van der Waals surface area contributed by atoms with Gasteiger partial charge in [-0.25, -0.2) is 8.42 Å². The topological polar surface area (TPSA) is 63.4 Å². The van der Waals surface area contributed by atoms with Crippen molar-refractivity contribution in [3.8, 4) is 11.3 Å². The Labute approximate surface area is 137 Å². The molecular weight excluding hydrogens is 312 g/mol. The van der Waals surface area contributed by atoms with Gasteiger partial charge in [-0.05, 0) is 56.4 Å². The minimum Gasteiger partial charge on any atom is -0.356 e. The molecule has 1 fully saturated rings. The lowest BCUT2D eigenvalue weighted by Gasteiger charge is -2.29. The minimum atomic E-state index is -3.42. The van der Waals surface area contributed by atoms with E-state index in [9.17, 15) is 8.42 Å². The van der Waals surface area contributed by atoms with Crippen LogP contribution in [0.15, 0.2) is 33.7 Å². The molecule has 0 aliphatic carbocycles. The molecule has 0 amide bonds. The zero-order valence-electron chi connectivity index (χ0n) is 13.7. The van der Waals surface area contributed by atoms with Crippen LogP contribution in [0.3, 0.4) is 0 Å². The average Bonchev–Trinajstić information content (AvgIpc) is 2.94. The lowest BCUT2D eigenvalue weighted by atomic mass is 10.0. The van der Waals surface area contributed by atoms with Crippen molar-refractivity contribution in [2.24, 2.45) is 5.92 Å². The summed E-state index contributed by atoms with van der Waals surface area (Å²) in [6.45, 7) is 7.06. The van der Waals surface area contributed by atoms with Crippen molar-refractivity contribution in [3.05, 3.63) is 35.5 Å². The molecule has 1 aromatic heterocycles. The number of aromatic nitrogens is 1. The summed E-state index contributed by atoms with van der Waals surface area (Å²) < 4.78 is 32.6. The molecule has 0 unspecified atom stereocenters. The second kappa shape index (κ2) is 6.09. The van der Waals surface area contributed by atoms with E-state index >= 15 is 0 Å². The fourth-order valence-corrected chi connectivity index (χ4v) is 4.63. The Balaban J connectivity index is 1.91. The zero-order chi connectivity index (χ0) is 16.6. The molecule has 0 saturated carbocycles. The molecule has 3 rings (SSSR count). The van der Waals surface area contributed by atoms with Gasteiger partial charge in [0.15, 0.2) is 5.76 Å². The summed E-state index contributed by atoms with van der Waals surface area (Å²) >= 11 is 0. The van der Waals surface area contributed by atoms with Gasteiger partial charge < -0.3 is 4.52 Å². The van der Waals surface area contributed by atoms with Crippen LogP contribution in [0.2, 0.25) is 0 Å². The van der Waals surface area contributed by atoms with Crippen LogP contribution in [0.4, 0.5) is 0 Å². The lowest BCUT2D eigenvalue weighted by molar-refractivity contribution is 0.288. The van der Waals surface area contributed by atoms with Crippen LogP contribution >= 0.6 is 0 Å². The first-order chi connectivity index (χ1) is 10.9. The van der Waals surface area contributed by atoms with E-state index in [1.807, 2.05) is 26.0 Å². The maximum absolute atomic E-state index is 12.9. The molecule has 1 aromatic carbocycles. The van der Waals surface area contributed by atoms with Gasteiger partial charge in [-0.15, -0.1) is 0 Å². The molecule has 0 N–H and O–H groups in total. The molecule has 2 heterocycles. The number of piperidine rings is 1. The molecule has 23 heavy (non-hydrogen) atoms. The number of rotatable bonds is 3. The molecule has 1 aliphatic rings. The molecule has 2 aromatic rings. The summed E-state index contributed by atoms with van der Waals surface area (Å²) in [5, 5.41) is 3.87.